The van der Waals surface area contributed by atoms with Crippen molar-refractivity contribution in [3.05, 3.63) is 98.5 Å². The number of amides is 1. The number of benzene rings is 3. The molecule has 0 bridgehead atoms. The fourth-order valence-electron chi connectivity index (χ4n) is 7.23. The van der Waals surface area contributed by atoms with Gasteiger partial charge in [0.05, 0.1) is 29.7 Å². The van der Waals surface area contributed by atoms with E-state index < -0.39 is 10.0 Å². The van der Waals surface area contributed by atoms with E-state index in [4.69, 9.17) is 23.2 Å². The van der Waals surface area contributed by atoms with Crippen LogP contribution in [0.4, 0.5) is 5.69 Å². The largest absolute Gasteiger partial charge is 0.378 e. The number of carbonyl (C=O) groups is 1. The Morgan fingerprint density at radius 3 is 2.36 bits per heavy atom. The Hall–Kier alpha value is -2.58. The van der Waals surface area contributed by atoms with Gasteiger partial charge in [-0.15, -0.1) is 0 Å². The molecule has 2 aliphatic heterocycles. The van der Waals surface area contributed by atoms with E-state index in [1.165, 1.54) is 0 Å². The Bertz CT molecular complexity index is 1580. The third-order valence-corrected chi connectivity index (χ3v) is 12.7. The second-order valence-electron chi connectivity index (χ2n) is 12.7. The van der Waals surface area contributed by atoms with Gasteiger partial charge in [0, 0.05) is 36.3 Å². The molecule has 1 saturated heterocycles. The van der Waals surface area contributed by atoms with Gasteiger partial charge in [-0.2, -0.15) is 8.42 Å². The molecule has 1 unspecified atom stereocenters. The minimum atomic E-state index is -3.43. The molecule has 1 amide bonds. The number of aryl methyl sites for hydroxylation is 2. The number of para-hydroxylation sites is 1. The maximum atomic E-state index is 14.2. The standard InChI is InChI=1S/C35H44Cl2N3O3S/c1-25-19-26(2)21-29(20-25)35(41)39(3)24-28(27-14-15-31(36)32(37)22-27)11-7-10-18-44(42,43)40(16-8-4-9-17-40)34-23-38-33-13-6-5-12-30(33)34/h5-6,12-15,19-22,28,34,38H,4,7-11,16-18,23-24H2,1-3H3/q+1/t28-,34?/m1/s1. The van der Waals surface area contributed by atoms with E-state index in [1.807, 2.05) is 63.4 Å². The van der Waals surface area contributed by atoms with Crippen molar-refractivity contribution in [3.8, 4) is 0 Å². The lowest BCUT2D eigenvalue weighted by molar-refractivity contribution is -0.842. The molecule has 2 atom stereocenters. The number of unbranched alkanes of at least 4 members (excludes halogenated alkanes) is 1. The van der Waals surface area contributed by atoms with Crippen LogP contribution in [-0.4, -0.2) is 62.1 Å². The first-order valence-electron chi connectivity index (χ1n) is 15.7. The maximum Gasteiger partial charge on any atom is 0.297 e. The summed E-state index contributed by atoms with van der Waals surface area (Å²) in [6.07, 6.45) is 4.95. The van der Waals surface area contributed by atoms with Gasteiger partial charge in [-0.25, -0.2) is 3.89 Å². The van der Waals surface area contributed by atoms with E-state index in [2.05, 4.69) is 17.4 Å². The molecule has 6 nitrogen and oxygen atoms in total. The highest BCUT2D eigenvalue weighted by molar-refractivity contribution is 7.85. The van der Waals surface area contributed by atoms with Gasteiger partial charge >= 0.3 is 0 Å². The van der Waals surface area contributed by atoms with E-state index in [0.717, 1.165) is 60.0 Å². The third kappa shape index (κ3) is 6.96. The Morgan fingerprint density at radius 2 is 1.66 bits per heavy atom. The predicted molar refractivity (Wildman–Crippen MR) is 181 cm³/mol. The van der Waals surface area contributed by atoms with E-state index in [0.29, 0.717) is 48.2 Å². The quantitative estimate of drug-likeness (QED) is 0.167. The number of hydrogen-bond donors (Lipinski definition) is 1. The first-order chi connectivity index (χ1) is 21.0. The summed E-state index contributed by atoms with van der Waals surface area (Å²) in [6.45, 7) is 6.46. The second-order valence-corrected chi connectivity index (χ2v) is 15.8. The van der Waals surface area contributed by atoms with E-state index in [-0.39, 0.29) is 27.5 Å². The molecule has 0 spiro atoms. The van der Waals surface area contributed by atoms with Gasteiger partial charge in [-0.05, 0) is 81.8 Å². The first kappa shape index (κ1) is 32.8. The summed E-state index contributed by atoms with van der Waals surface area (Å²) in [6, 6.07) is 19.6. The van der Waals surface area contributed by atoms with Crippen molar-refractivity contribution in [2.45, 2.75) is 64.3 Å². The van der Waals surface area contributed by atoms with Crippen molar-refractivity contribution in [2.24, 2.45) is 0 Å². The Balaban J connectivity index is 1.30. The number of anilines is 1. The number of halogens is 2. The molecule has 2 heterocycles. The highest BCUT2D eigenvalue weighted by Gasteiger charge is 2.51. The molecule has 236 valence electrons. The van der Waals surface area contributed by atoms with Crippen LogP contribution in [-0.2, 0) is 10.0 Å². The smallest absolute Gasteiger partial charge is 0.297 e. The van der Waals surface area contributed by atoms with Crippen LogP contribution in [0.1, 0.15) is 83.1 Å². The predicted octanol–water partition coefficient (Wildman–Crippen LogP) is 8.13. The topological polar surface area (TPSA) is 66.5 Å². The number of sulfonamides is 1. The van der Waals surface area contributed by atoms with Gasteiger partial charge in [0.25, 0.3) is 15.9 Å². The molecule has 1 fully saturated rings. The average molecular weight is 658 g/mol. The van der Waals surface area contributed by atoms with Crippen molar-refractivity contribution in [3.63, 3.8) is 0 Å². The molecule has 3 aromatic carbocycles. The number of nitrogens with one attached hydrogen (secondary N) is 1. The zero-order valence-electron chi connectivity index (χ0n) is 26.0. The number of likely N-dealkylation sites (tertiary alicyclic amines) is 1. The van der Waals surface area contributed by atoms with Crippen LogP contribution in [0.15, 0.2) is 60.7 Å². The molecule has 2 aliphatic rings. The zero-order valence-corrected chi connectivity index (χ0v) is 28.3. The molecule has 0 radical (unpaired) electrons. The Labute approximate surface area is 273 Å². The Kier molecular flexibility index (Phi) is 10.3. The molecule has 44 heavy (non-hydrogen) atoms. The highest BCUT2D eigenvalue weighted by Crippen LogP contribution is 2.43. The molecule has 0 aliphatic carbocycles. The van der Waals surface area contributed by atoms with Crippen molar-refractivity contribution >= 4 is 44.8 Å². The normalized spacial score (nSPS) is 18.3. The summed E-state index contributed by atoms with van der Waals surface area (Å²) in [5.41, 5.74) is 5.94. The van der Waals surface area contributed by atoms with Gasteiger partial charge in [0.1, 0.15) is 11.8 Å². The lowest BCUT2D eigenvalue weighted by Gasteiger charge is -2.44. The van der Waals surface area contributed by atoms with E-state index in [1.54, 1.807) is 11.0 Å². The van der Waals surface area contributed by atoms with Gasteiger partial charge in [-0.1, -0.05) is 71.1 Å². The fourth-order valence-corrected chi connectivity index (χ4v) is 9.86. The number of hydrogen-bond acceptors (Lipinski definition) is 4. The summed E-state index contributed by atoms with van der Waals surface area (Å²) in [7, 11) is -1.61. The molecule has 3 aromatic rings. The van der Waals surface area contributed by atoms with Gasteiger partial charge in [-0.3, -0.25) is 4.79 Å². The molecule has 5 rings (SSSR count). The lowest BCUT2D eigenvalue weighted by Crippen LogP contribution is -2.58. The van der Waals surface area contributed by atoms with Crippen LogP contribution < -0.4 is 5.32 Å². The number of rotatable bonds is 11. The summed E-state index contributed by atoms with van der Waals surface area (Å²) in [5.74, 6) is 0.0969. The van der Waals surface area contributed by atoms with Crippen molar-refractivity contribution in [1.29, 1.82) is 0 Å². The summed E-state index contributed by atoms with van der Waals surface area (Å²) >= 11 is 12.6. The summed E-state index contributed by atoms with van der Waals surface area (Å²) in [4.78, 5) is 15.2. The highest BCUT2D eigenvalue weighted by atomic mass is 35.5. The fraction of sp³-hybridized carbons (Fsp3) is 0.457. The van der Waals surface area contributed by atoms with Crippen molar-refractivity contribution < 1.29 is 17.1 Å². The first-order valence-corrected chi connectivity index (χ1v) is 18.1. The molecular weight excluding hydrogens is 613 g/mol. The van der Waals surface area contributed by atoms with Gasteiger partial charge in [0.2, 0.25) is 0 Å². The van der Waals surface area contributed by atoms with Crippen LogP contribution in [0.25, 0.3) is 0 Å². The number of quaternary nitrogens is 1. The molecular formula is C35H44Cl2N3O3S+. The number of fused-ring (bicyclic) bond motifs is 1. The van der Waals surface area contributed by atoms with Crippen LogP contribution in [0.3, 0.4) is 0 Å². The second kappa shape index (κ2) is 13.8. The zero-order chi connectivity index (χ0) is 31.5. The van der Waals surface area contributed by atoms with E-state index in [9.17, 15) is 13.2 Å². The molecule has 9 heteroatoms. The van der Waals surface area contributed by atoms with Crippen LogP contribution in [0.5, 0.6) is 0 Å². The Morgan fingerprint density at radius 1 is 0.955 bits per heavy atom. The molecule has 0 saturated carbocycles. The minimum Gasteiger partial charge on any atom is -0.378 e. The van der Waals surface area contributed by atoms with Crippen LogP contribution >= 0.6 is 23.2 Å². The monoisotopic (exact) mass is 656 g/mol. The molecule has 0 aromatic heterocycles. The lowest BCUT2D eigenvalue weighted by atomic mass is 9.93. The number of likely N-dealkylation sites (N-methyl/N-ethyl adjacent to an activating group) is 1. The summed E-state index contributed by atoms with van der Waals surface area (Å²) in [5, 5.41) is 4.42. The van der Waals surface area contributed by atoms with Crippen molar-refractivity contribution in [2.75, 3.05) is 44.3 Å². The van der Waals surface area contributed by atoms with E-state index >= 15 is 0 Å². The number of nitrogens with zero attached hydrogens (tertiary/aromatic N) is 2. The maximum absolute atomic E-state index is 14.2. The molecule has 1 N–H and O–H groups in total. The van der Waals surface area contributed by atoms with Crippen LogP contribution in [0, 0.1) is 13.8 Å². The number of piperidine rings is 1. The van der Waals surface area contributed by atoms with Crippen molar-refractivity contribution in [1.82, 2.24) is 4.90 Å². The third-order valence-electron chi connectivity index (χ3n) is 9.43. The minimum absolute atomic E-state index is 0.0173. The SMILES string of the molecule is Cc1cc(C)cc(C(=O)N(C)C[C@@H](CCCCS(=O)(=O)[N+]2(C3CNc4ccccc43)CCCCC2)c2ccc(Cl)c(Cl)c2)c1. The van der Waals surface area contributed by atoms with Crippen LogP contribution in [0.2, 0.25) is 10.0 Å². The summed E-state index contributed by atoms with van der Waals surface area (Å²) < 4.78 is 28.6. The van der Waals surface area contributed by atoms with Gasteiger partial charge in [0.15, 0.2) is 0 Å². The average Bonchev–Trinajstić information content (AvgIpc) is 3.44. The number of carbonyl (C=O) groups excluding carboxylic acids is 1. The van der Waals surface area contributed by atoms with Gasteiger partial charge < -0.3 is 10.2 Å².